The SMILES string of the molecule is CC(=O)N1C=Cc2ccccc2C1CC(=O)NCc1ccc(OC2CCCCC2)cc1. The van der Waals surface area contributed by atoms with Gasteiger partial charge in [0, 0.05) is 19.7 Å². The minimum atomic E-state index is -0.287. The van der Waals surface area contributed by atoms with E-state index in [4.69, 9.17) is 4.74 Å². The topological polar surface area (TPSA) is 58.6 Å². The van der Waals surface area contributed by atoms with Crippen LogP contribution in [0.15, 0.2) is 54.7 Å². The van der Waals surface area contributed by atoms with Crippen LogP contribution in [0.1, 0.15) is 68.2 Å². The number of hydrogen-bond acceptors (Lipinski definition) is 3. The summed E-state index contributed by atoms with van der Waals surface area (Å²) in [6.07, 6.45) is 10.3. The number of rotatable bonds is 6. The fourth-order valence-electron chi connectivity index (χ4n) is 4.42. The second kappa shape index (κ2) is 9.82. The molecule has 0 saturated heterocycles. The van der Waals surface area contributed by atoms with Crippen molar-refractivity contribution < 1.29 is 14.3 Å². The van der Waals surface area contributed by atoms with Gasteiger partial charge in [0.2, 0.25) is 11.8 Å². The smallest absolute Gasteiger partial charge is 0.223 e. The summed E-state index contributed by atoms with van der Waals surface area (Å²) in [5, 5.41) is 3.00. The molecule has 1 atom stereocenters. The quantitative estimate of drug-likeness (QED) is 0.720. The van der Waals surface area contributed by atoms with Crippen molar-refractivity contribution in [3.8, 4) is 5.75 Å². The van der Waals surface area contributed by atoms with Crippen LogP contribution in [-0.2, 0) is 16.1 Å². The number of benzene rings is 2. The van der Waals surface area contributed by atoms with Gasteiger partial charge in [0.1, 0.15) is 5.75 Å². The first-order valence-corrected chi connectivity index (χ1v) is 11.2. The molecule has 0 radical (unpaired) electrons. The fraction of sp³-hybridized carbons (Fsp3) is 0.385. The summed E-state index contributed by atoms with van der Waals surface area (Å²) in [5.41, 5.74) is 3.07. The van der Waals surface area contributed by atoms with E-state index < -0.39 is 0 Å². The van der Waals surface area contributed by atoms with Crippen molar-refractivity contribution >= 4 is 17.9 Å². The van der Waals surface area contributed by atoms with Gasteiger partial charge in [-0.05, 0) is 60.6 Å². The number of ether oxygens (including phenoxy) is 1. The molecule has 1 saturated carbocycles. The van der Waals surface area contributed by atoms with Crippen LogP contribution in [0.3, 0.4) is 0 Å². The van der Waals surface area contributed by atoms with Gasteiger partial charge in [0.25, 0.3) is 0 Å². The third-order valence-corrected chi connectivity index (χ3v) is 6.12. The predicted octanol–water partition coefficient (Wildman–Crippen LogP) is 4.98. The lowest BCUT2D eigenvalue weighted by Gasteiger charge is -2.32. The van der Waals surface area contributed by atoms with Gasteiger partial charge in [0.15, 0.2) is 0 Å². The summed E-state index contributed by atoms with van der Waals surface area (Å²) in [6.45, 7) is 1.98. The van der Waals surface area contributed by atoms with Crippen LogP contribution in [0.2, 0.25) is 0 Å². The number of fused-ring (bicyclic) bond motifs is 1. The molecule has 1 aliphatic heterocycles. The lowest BCUT2D eigenvalue weighted by molar-refractivity contribution is -0.130. The number of amides is 2. The molecule has 1 N–H and O–H groups in total. The highest BCUT2D eigenvalue weighted by atomic mass is 16.5. The van der Waals surface area contributed by atoms with E-state index in [-0.39, 0.29) is 24.3 Å². The first-order chi connectivity index (χ1) is 15.1. The Balaban J connectivity index is 1.33. The molecular weight excluding hydrogens is 388 g/mol. The molecule has 5 nitrogen and oxygen atoms in total. The average molecular weight is 419 g/mol. The highest BCUT2D eigenvalue weighted by Gasteiger charge is 2.28. The van der Waals surface area contributed by atoms with Gasteiger partial charge >= 0.3 is 0 Å². The van der Waals surface area contributed by atoms with Crippen LogP contribution in [0.5, 0.6) is 5.75 Å². The molecule has 0 aromatic heterocycles. The van der Waals surface area contributed by atoms with E-state index in [2.05, 4.69) is 5.32 Å². The molecule has 1 fully saturated rings. The number of hydrogen-bond donors (Lipinski definition) is 1. The summed E-state index contributed by atoms with van der Waals surface area (Å²) < 4.78 is 6.07. The molecule has 2 aromatic carbocycles. The van der Waals surface area contributed by atoms with E-state index in [9.17, 15) is 9.59 Å². The zero-order chi connectivity index (χ0) is 21.6. The van der Waals surface area contributed by atoms with Crippen LogP contribution >= 0.6 is 0 Å². The molecule has 2 aromatic rings. The zero-order valence-corrected chi connectivity index (χ0v) is 18.0. The van der Waals surface area contributed by atoms with E-state index in [0.29, 0.717) is 12.6 Å². The highest BCUT2D eigenvalue weighted by molar-refractivity contribution is 5.81. The number of nitrogens with zero attached hydrogens (tertiary/aromatic N) is 1. The fourth-order valence-corrected chi connectivity index (χ4v) is 4.42. The Labute approximate surface area is 184 Å². The average Bonchev–Trinajstić information content (AvgIpc) is 2.79. The monoisotopic (exact) mass is 418 g/mol. The van der Waals surface area contributed by atoms with Crippen LogP contribution in [-0.4, -0.2) is 22.8 Å². The molecule has 162 valence electrons. The molecule has 2 aliphatic rings. The van der Waals surface area contributed by atoms with Crippen molar-refractivity contribution in [1.29, 1.82) is 0 Å². The van der Waals surface area contributed by atoms with E-state index in [1.165, 1.54) is 26.2 Å². The van der Waals surface area contributed by atoms with Gasteiger partial charge in [-0.3, -0.25) is 9.59 Å². The largest absolute Gasteiger partial charge is 0.490 e. The summed E-state index contributed by atoms with van der Waals surface area (Å²) in [7, 11) is 0. The Hall–Kier alpha value is -3.08. The third kappa shape index (κ3) is 5.35. The maximum atomic E-state index is 12.7. The first kappa shape index (κ1) is 21.2. The minimum Gasteiger partial charge on any atom is -0.490 e. The maximum Gasteiger partial charge on any atom is 0.223 e. The first-order valence-electron chi connectivity index (χ1n) is 11.2. The van der Waals surface area contributed by atoms with E-state index >= 15 is 0 Å². The summed E-state index contributed by atoms with van der Waals surface area (Å²) in [4.78, 5) is 26.4. The van der Waals surface area contributed by atoms with Crippen molar-refractivity contribution in [1.82, 2.24) is 10.2 Å². The van der Waals surface area contributed by atoms with E-state index in [0.717, 1.165) is 35.3 Å². The lowest BCUT2D eigenvalue weighted by atomic mass is 9.93. The van der Waals surface area contributed by atoms with Crippen molar-refractivity contribution in [2.24, 2.45) is 0 Å². The van der Waals surface area contributed by atoms with Crippen molar-refractivity contribution in [3.05, 3.63) is 71.4 Å². The number of carbonyl (C=O) groups excluding carboxylic acids is 2. The second-order valence-corrected chi connectivity index (χ2v) is 8.39. The Morgan fingerprint density at radius 3 is 2.52 bits per heavy atom. The second-order valence-electron chi connectivity index (χ2n) is 8.39. The third-order valence-electron chi connectivity index (χ3n) is 6.12. The summed E-state index contributed by atoms with van der Waals surface area (Å²) in [5.74, 6) is 0.741. The van der Waals surface area contributed by atoms with E-state index in [1.807, 2.05) is 54.6 Å². The minimum absolute atomic E-state index is 0.0721. The van der Waals surface area contributed by atoms with Gasteiger partial charge in [-0.25, -0.2) is 0 Å². The molecule has 31 heavy (non-hydrogen) atoms. The van der Waals surface area contributed by atoms with Gasteiger partial charge in [-0.1, -0.05) is 42.8 Å². The lowest BCUT2D eigenvalue weighted by Crippen LogP contribution is -2.35. The Morgan fingerprint density at radius 2 is 1.77 bits per heavy atom. The maximum absolute atomic E-state index is 12.7. The van der Waals surface area contributed by atoms with Crippen molar-refractivity contribution in [2.45, 2.75) is 64.1 Å². The normalized spacial score (nSPS) is 18.4. The van der Waals surface area contributed by atoms with Crippen LogP contribution in [0.4, 0.5) is 0 Å². The highest BCUT2D eigenvalue weighted by Crippen LogP contribution is 2.32. The molecule has 5 heteroatoms. The van der Waals surface area contributed by atoms with E-state index in [1.54, 1.807) is 11.1 Å². The van der Waals surface area contributed by atoms with Crippen molar-refractivity contribution in [2.75, 3.05) is 0 Å². The van der Waals surface area contributed by atoms with Crippen LogP contribution < -0.4 is 10.1 Å². The summed E-state index contributed by atoms with van der Waals surface area (Å²) >= 11 is 0. The number of carbonyl (C=O) groups is 2. The predicted molar refractivity (Wildman–Crippen MR) is 121 cm³/mol. The zero-order valence-electron chi connectivity index (χ0n) is 18.0. The van der Waals surface area contributed by atoms with Gasteiger partial charge in [0.05, 0.1) is 18.6 Å². The Kier molecular flexibility index (Phi) is 6.70. The molecule has 0 bridgehead atoms. The molecule has 4 rings (SSSR count). The molecule has 1 aliphatic carbocycles. The Morgan fingerprint density at radius 1 is 1.03 bits per heavy atom. The van der Waals surface area contributed by atoms with Crippen molar-refractivity contribution in [3.63, 3.8) is 0 Å². The van der Waals surface area contributed by atoms with Gasteiger partial charge in [-0.15, -0.1) is 0 Å². The van der Waals surface area contributed by atoms with Gasteiger partial charge in [-0.2, -0.15) is 0 Å². The molecule has 2 amide bonds. The standard InChI is InChI=1S/C26H30N2O3/c1-19(29)28-16-15-21-7-5-6-10-24(21)25(28)17-26(30)27-18-20-11-13-23(14-12-20)31-22-8-3-2-4-9-22/h5-7,10-16,22,25H,2-4,8-9,17-18H2,1H3,(H,27,30). The molecule has 1 unspecified atom stereocenters. The molecule has 1 heterocycles. The van der Waals surface area contributed by atoms with Crippen LogP contribution in [0.25, 0.3) is 6.08 Å². The number of nitrogens with one attached hydrogen (secondary N) is 1. The molecule has 0 spiro atoms. The van der Waals surface area contributed by atoms with Gasteiger partial charge < -0.3 is 15.0 Å². The van der Waals surface area contributed by atoms with Crippen LogP contribution in [0, 0.1) is 0 Å². The molecular formula is C26H30N2O3. The summed E-state index contributed by atoms with van der Waals surface area (Å²) in [6, 6.07) is 15.6. The Bertz CT molecular complexity index is 945.